The Bertz CT molecular complexity index is 729. The van der Waals surface area contributed by atoms with Crippen molar-refractivity contribution in [1.82, 2.24) is 9.55 Å². The van der Waals surface area contributed by atoms with Crippen LogP contribution in [0.4, 0.5) is 0 Å². The van der Waals surface area contributed by atoms with Crippen LogP contribution in [0.25, 0.3) is 0 Å². The van der Waals surface area contributed by atoms with Gasteiger partial charge in [0.15, 0.2) is 6.23 Å². The summed E-state index contributed by atoms with van der Waals surface area (Å²) in [6.07, 6.45) is 2.93. The van der Waals surface area contributed by atoms with Crippen molar-refractivity contribution in [2.75, 3.05) is 7.11 Å². The molecule has 0 bridgehead atoms. The van der Waals surface area contributed by atoms with Gasteiger partial charge in [-0.15, -0.1) is 0 Å². The fourth-order valence-electron chi connectivity index (χ4n) is 3.89. The van der Waals surface area contributed by atoms with Gasteiger partial charge in [-0.05, 0) is 26.2 Å². The number of aromatic nitrogens is 2. The number of nitrogens with one attached hydrogen (secondary N) is 1. The molecule has 2 aliphatic rings. The Balaban J connectivity index is 1.91. The quantitative estimate of drug-likeness (QED) is 0.799. The van der Waals surface area contributed by atoms with E-state index in [4.69, 9.17) is 14.2 Å². The van der Waals surface area contributed by atoms with Crippen molar-refractivity contribution < 1.29 is 19.3 Å². The van der Waals surface area contributed by atoms with Crippen molar-refractivity contribution in [2.45, 2.75) is 82.7 Å². The number of methoxy groups -OCH3 is 1. The van der Waals surface area contributed by atoms with E-state index < -0.39 is 35.8 Å². The lowest BCUT2D eigenvalue weighted by Gasteiger charge is -2.34. The lowest BCUT2D eigenvalue weighted by Crippen LogP contribution is -2.44. The van der Waals surface area contributed by atoms with Crippen molar-refractivity contribution >= 4 is 0 Å². The van der Waals surface area contributed by atoms with Gasteiger partial charge in [-0.25, -0.2) is 4.79 Å². The monoisotopic (exact) mass is 368 g/mol. The van der Waals surface area contributed by atoms with E-state index in [9.17, 15) is 14.7 Å². The lowest BCUT2D eigenvalue weighted by molar-refractivity contribution is -0.150. The van der Waals surface area contributed by atoms with E-state index in [0.29, 0.717) is 12.0 Å². The topological polar surface area (TPSA) is 103 Å². The number of ether oxygens (including phenoxy) is 3. The largest absolute Gasteiger partial charge is 0.388 e. The van der Waals surface area contributed by atoms with Gasteiger partial charge in [0.2, 0.25) is 0 Å². The Morgan fingerprint density at radius 3 is 2.65 bits per heavy atom. The van der Waals surface area contributed by atoms with Crippen LogP contribution >= 0.6 is 0 Å². The van der Waals surface area contributed by atoms with Crippen molar-refractivity contribution in [3.8, 4) is 0 Å². The predicted molar refractivity (Wildman–Crippen MR) is 94.2 cm³/mol. The molecule has 2 fully saturated rings. The molecule has 1 saturated carbocycles. The number of hydrogen-bond acceptors (Lipinski definition) is 6. The highest BCUT2D eigenvalue weighted by Crippen LogP contribution is 2.35. The Morgan fingerprint density at radius 1 is 1.31 bits per heavy atom. The molecule has 0 spiro atoms. The summed E-state index contributed by atoms with van der Waals surface area (Å²) in [7, 11) is 1.66. The maximum atomic E-state index is 12.3. The van der Waals surface area contributed by atoms with Crippen molar-refractivity contribution in [3.63, 3.8) is 0 Å². The highest BCUT2D eigenvalue weighted by Gasteiger charge is 2.47. The molecule has 1 unspecified atom stereocenters. The smallest absolute Gasteiger partial charge is 0.330 e. The normalized spacial score (nSPS) is 34.9. The molecule has 8 heteroatoms. The van der Waals surface area contributed by atoms with E-state index in [1.165, 1.54) is 10.8 Å². The summed E-state index contributed by atoms with van der Waals surface area (Å²) in [6, 6.07) is 0. The standard InChI is InChI=1S/C18H28N2O6/c1-4-11-14(21)15(25-13-8-6-5-7-12(13)24-3)17(26-11)20-9-10(2)16(22)19-18(20)23/h9,11-15,17,21H,4-8H2,1-3H3,(H,19,22,23)/t11-,12+,13+,14?,15+,17-/m1/s1. The summed E-state index contributed by atoms with van der Waals surface area (Å²) in [5, 5.41) is 10.7. The minimum Gasteiger partial charge on any atom is -0.388 e. The lowest BCUT2D eigenvalue weighted by atomic mass is 9.94. The minimum absolute atomic E-state index is 0.0358. The predicted octanol–water partition coefficient (Wildman–Crippen LogP) is 0.856. The van der Waals surface area contributed by atoms with Gasteiger partial charge in [-0.1, -0.05) is 19.8 Å². The number of aromatic amines is 1. The van der Waals surface area contributed by atoms with Gasteiger partial charge in [0.1, 0.15) is 12.2 Å². The first-order valence-electron chi connectivity index (χ1n) is 9.30. The van der Waals surface area contributed by atoms with Crippen LogP contribution in [-0.4, -0.2) is 52.3 Å². The molecule has 0 amide bonds. The maximum absolute atomic E-state index is 12.3. The molecule has 2 heterocycles. The number of H-pyrrole nitrogens is 1. The van der Waals surface area contributed by atoms with Crippen LogP contribution in [0.1, 0.15) is 50.8 Å². The number of aryl methyl sites for hydroxylation is 1. The number of aliphatic hydroxyl groups is 1. The average Bonchev–Trinajstić information content (AvgIpc) is 2.94. The minimum atomic E-state index is -0.858. The molecule has 1 aliphatic heterocycles. The van der Waals surface area contributed by atoms with Crippen LogP contribution in [0.5, 0.6) is 0 Å². The van der Waals surface area contributed by atoms with Crippen LogP contribution < -0.4 is 11.2 Å². The highest BCUT2D eigenvalue weighted by molar-refractivity contribution is 5.03. The van der Waals surface area contributed by atoms with Crippen LogP contribution in [0.3, 0.4) is 0 Å². The number of nitrogens with zero attached hydrogens (tertiary/aromatic N) is 1. The SMILES string of the molecule is CC[C@H]1O[C@@H](n2cc(C)c(=O)[nH]c2=O)[C@@H](O[C@H]2CCCC[C@@H]2OC)C1O. The summed E-state index contributed by atoms with van der Waals surface area (Å²) in [6.45, 7) is 3.53. The Labute approximate surface area is 152 Å². The third-order valence-corrected chi connectivity index (χ3v) is 5.41. The van der Waals surface area contributed by atoms with Crippen molar-refractivity contribution in [3.05, 3.63) is 32.6 Å². The maximum Gasteiger partial charge on any atom is 0.330 e. The zero-order valence-electron chi connectivity index (χ0n) is 15.5. The van der Waals surface area contributed by atoms with E-state index in [0.717, 1.165) is 25.7 Å². The van der Waals surface area contributed by atoms with Gasteiger partial charge < -0.3 is 19.3 Å². The summed E-state index contributed by atoms with van der Waals surface area (Å²) in [5.74, 6) is 0. The van der Waals surface area contributed by atoms with Crippen LogP contribution in [0.15, 0.2) is 15.8 Å². The zero-order valence-corrected chi connectivity index (χ0v) is 15.5. The van der Waals surface area contributed by atoms with Crippen molar-refractivity contribution in [1.29, 1.82) is 0 Å². The van der Waals surface area contributed by atoms with E-state index in [-0.39, 0.29) is 12.2 Å². The first-order chi connectivity index (χ1) is 12.5. The fraction of sp³-hybridized carbons (Fsp3) is 0.778. The number of aliphatic hydroxyl groups excluding tert-OH is 1. The third-order valence-electron chi connectivity index (χ3n) is 5.41. The average molecular weight is 368 g/mol. The second kappa shape index (κ2) is 8.04. The summed E-state index contributed by atoms with van der Waals surface area (Å²) < 4.78 is 19.0. The molecule has 8 nitrogen and oxygen atoms in total. The summed E-state index contributed by atoms with van der Waals surface area (Å²) >= 11 is 0. The molecule has 3 rings (SSSR count). The van der Waals surface area contributed by atoms with Gasteiger partial charge in [0.05, 0.1) is 18.3 Å². The molecule has 146 valence electrons. The van der Waals surface area contributed by atoms with Crippen LogP contribution in [0.2, 0.25) is 0 Å². The number of hydrogen-bond donors (Lipinski definition) is 2. The van der Waals surface area contributed by atoms with Crippen LogP contribution in [0, 0.1) is 6.92 Å². The fourth-order valence-corrected chi connectivity index (χ4v) is 3.89. The summed E-state index contributed by atoms with van der Waals surface area (Å²) in [5.41, 5.74) is -0.607. The van der Waals surface area contributed by atoms with Crippen LogP contribution in [-0.2, 0) is 14.2 Å². The molecule has 1 aromatic rings. The van der Waals surface area contributed by atoms with Gasteiger partial charge in [-0.2, -0.15) is 0 Å². The highest BCUT2D eigenvalue weighted by atomic mass is 16.6. The molecular weight excluding hydrogens is 340 g/mol. The van der Waals surface area contributed by atoms with Gasteiger partial charge in [0, 0.05) is 18.9 Å². The second-order valence-corrected chi connectivity index (χ2v) is 7.14. The molecule has 1 aliphatic carbocycles. The molecule has 26 heavy (non-hydrogen) atoms. The Hall–Kier alpha value is -1.48. The first-order valence-corrected chi connectivity index (χ1v) is 9.30. The molecule has 0 radical (unpaired) electrons. The molecule has 6 atom stereocenters. The Morgan fingerprint density at radius 2 is 2.00 bits per heavy atom. The number of rotatable bonds is 5. The third kappa shape index (κ3) is 3.64. The molecule has 2 N–H and O–H groups in total. The molecule has 1 saturated heterocycles. The van der Waals surface area contributed by atoms with Gasteiger partial charge >= 0.3 is 5.69 Å². The zero-order chi connectivity index (χ0) is 18.8. The van der Waals surface area contributed by atoms with Crippen molar-refractivity contribution in [2.24, 2.45) is 0 Å². The van der Waals surface area contributed by atoms with Gasteiger partial charge in [-0.3, -0.25) is 14.3 Å². The van der Waals surface area contributed by atoms with E-state index in [2.05, 4.69) is 4.98 Å². The Kier molecular flexibility index (Phi) is 5.96. The first kappa shape index (κ1) is 19.3. The second-order valence-electron chi connectivity index (χ2n) is 7.14. The van der Waals surface area contributed by atoms with E-state index in [1.54, 1.807) is 14.0 Å². The van der Waals surface area contributed by atoms with E-state index >= 15 is 0 Å². The van der Waals surface area contributed by atoms with Gasteiger partial charge in [0.25, 0.3) is 5.56 Å². The van der Waals surface area contributed by atoms with E-state index in [1.807, 2.05) is 6.92 Å². The molecule has 0 aromatic carbocycles. The molecule has 1 aromatic heterocycles. The molecular formula is C18H28N2O6. The summed E-state index contributed by atoms with van der Waals surface area (Å²) in [4.78, 5) is 26.3.